The van der Waals surface area contributed by atoms with Crippen LogP contribution in [-0.2, 0) is 0 Å². The summed E-state index contributed by atoms with van der Waals surface area (Å²) in [6, 6.07) is 5.31. The lowest BCUT2D eigenvalue weighted by Gasteiger charge is -1.93. The molecule has 3 nitrogen and oxygen atoms in total. The van der Waals surface area contributed by atoms with Gasteiger partial charge in [0.15, 0.2) is 6.20 Å². The second-order valence-electron chi connectivity index (χ2n) is 2.60. The zero-order chi connectivity index (χ0) is 7.84. The summed E-state index contributed by atoms with van der Waals surface area (Å²) in [4.78, 5) is 11.1. The van der Waals surface area contributed by atoms with E-state index in [0.717, 1.165) is 0 Å². The van der Waals surface area contributed by atoms with Gasteiger partial charge in [-0.05, 0) is 6.07 Å². The molecule has 1 N–H and O–H groups in total. The Morgan fingerprint density at radius 1 is 1.55 bits per heavy atom. The molecule has 0 bridgehead atoms. The first-order valence-electron chi connectivity index (χ1n) is 3.50. The monoisotopic (exact) mass is 150 g/mol. The molecule has 56 valence electrons. The Bertz CT molecular complexity index is 309. The van der Waals surface area contributed by atoms with E-state index >= 15 is 0 Å². The fraction of sp³-hybridized carbons (Fsp3) is 0.250. The summed E-state index contributed by atoms with van der Waals surface area (Å²) < 4.78 is 1.59. The summed E-state index contributed by atoms with van der Waals surface area (Å²) in [5, 5.41) is 9.29. The Labute approximate surface area is 63.9 Å². The summed E-state index contributed by atoms with van der Waals surface area (Å²) in [6.07, 6.45) is 1.27. The van der Waals surface area contributed by atoms with Crippen LogP contribution in [-0.4, -0.2) is 10.9 Å². The Morgan fingerprint density at radius 3 is 3.09 bits per heavy atom. The SMILES string of the molecule is O=C1CC(O)[n+]2ccccc21. The normalized spacial score (nSPS) is 21.9. The highest BCUT2D eigenvalue weighted by Gasteiger charge is 2.34. The Kier molecular flexibility index (Phi) is 1.26. The molecule has 1 aromatic heterocycles. The van der Waals surface area contributed by atoms with E-state index in [-0.39, 0.29) is 12.2 Å². The number of aromatic nitrogens is 1. The number of hydrogen-bond donors (Lipinski definition) is 1. The fourth-order valence-electron chi connectivity index (χ4n) is 1.32. The number of carbonyl (C=O) groups excluding carboxylic acids is 1. The Morgan fingerprint density at radius 2 is 2.36 bits per heavy atom. The van der Waals surface area contributed by atoms with Crippen molar-refractivity contribution in [1.82, 2.24) is 0 Å². The van der Waals surface area contributed by atoms with Gasteiger partial charge in [0.1, 0.15) is 6.42 Å². The number of hydrogen-bond acceptors (Lipinski definition) is 2. The van der Waals surface area contributed by atoms with Gasteiger partial charge in [0.05, 0.1) is 0 Å². The first-order valence-corrected chi connectivity index (χ1v) is 3.50. The highest BCUT2D eigenvalue weighted by atomic mass is 16.3. The number of carbonyl (C=O) groups is 1. The van der Waals surface area contributed by atoms with E-state index in [9.17, 15) is 9.90 Å². The Balaban J connectivity index is 2.60. The standard InChI is InChI=1S/C8H8NO2/c10-7-5-8(11)9-4-2-1-3-6(7)9/h1-4,8,11H,5H2/q+1. The topological polar surface area (TPSA) is 41.2 Å². The number of Topliss-reactive ketones (excluding diaryl/α,β-unsaturated/α-hetero) is 1. The summed E-state index contributed by atoms with van der Waals surface area (Å²) in [7, 11) is 0. The van der Waals surface area contributed by atoms with Crippen LogP contribution in [0.15, 0.2) is 24.4 Å². The molecule has 1 aliphatic heterocycles. The van der Waals surface area contributed by atoms with E-state index in [1.54, 1.807) is 29.0 Å². The molecule has 2 heterocycles. The van der Waals surface area contributed by atoms with E-state index in [2.05, 4.69) is 0 Å². The van der Waals surface area contributed by atoms with Crippen molar-refractivity contribution < 1.29 is 14.5 Å². The van der Waals surface area contributed by atoms with Crippen molar-refractivity contribution in [3.63, 3.8) is 0 Å². The summed E-state index contributed by atoms with van der Waals surface area (Å²) in [5.74, 6) is 0.0121. The van der Waals surface area contributed by atoms with E-state index < -0.39 is 6.23 Å². The molecule has 0 amide bonds. The van der Waals surface area contributed by atoms with Crippen LogP contribution in [0, 0.1) is 0 Å². The number of pyridine rings is 1. The quantitative estimate of drug-likeness (QED) is 0.531. The molecule has 11 heavy (non-hydrogen) atoms. The van der Waals surface area contributed by atoms with Crippen LogP contribution < -0.4 is 4.57 Å². The van der Waals surface area contributed by atoms with Crippen LogP contribution in [0.1, 0.15) is 23.1 Å². The van der Waals surface area contributed by atoms with Crippen molar-refractivity contribution >= 4 is 5.78 Å². The Hall–Kier alpha value is -1.22. The molecule has 3 heteroatoms. The van der Waals surface area contributed by atoms with Gasteiger partial charge < -0.3 is 5.11 Å². The van der Waals surface area contributed by atoms with Crippen LogP contribution in [0.5, 0.6) is 0 Å². The zero-order valence-corrected chi connectivity index (χ0v) is 5.90. The van der Waals surface area contributed by atoms with Crippen LogP contribution in [0.25, 0.3) is 0 Å². The molecule has 1 aliphatic rings. The first-order chi connectivity index (χ1) is 5.29. The third-order valence-corrected chi connectivity index (χ3v) is 1.86. The molecule has 2 rings (SSSR count). The smallest absolute Gasteiger partial charge is 0.268 e. The number of fused-ring (bicyclic) bond motifs is 1. The maximum atomic E-state index is 11.1. The number of rotatable bonds is 0. The molecule has 1 atom stereocenters. The average Bonchev–Trinajstić information content (AvgIpc) is 2.30. The number of ketones is 1. The largest absolute Gasteiger partial charge is 0.336 e. The molecule has 1 unspecified atom stereocenters. The van der Waals surface area contributed by atoms with Gasteiger partial charge in [-0.2, -0.15) is 4.57 Å². The van der Waals surface area contributed by atoms with Gasteiger partial charge in [-0.15, -0.1) is 0 Å². The lowest BCUT2D eigenvalue weighted by Crippen LogP contribution is -2.37. The lowest BCUT2D eigenvalue weighted by atomic mass is 10.2. The molecular formula is C8H8NO2+. The van der Waals surface area contributed by atoms with Crippen LogP contribution in [0.3, 0.4) is 0 Å². The van der Waals surface area contributed by atoms with Gasteiger partial charge in [0.25, 0.3) is 11.9 Å². The van der Waals surface area contributed by atoms with Crippen LogP contribution in [0.2, 0.25) is 0 Å². The molecule has 0 fully saturated rings. The number of aliphatic hydroxyl groups is 1. The van der Waals surface area contributed by atoms with Crippen molar-refractivity contribution in [3.05, 3.63) is 30.1 Å². The van der Waals surface area contributed by atoms with Gasteiger partial charge in [0.2, 0.25) is 5.78 Å². The average molecular weight is 150 g/mol. The summed E-state index contributed by atoms with van der Waals surface area (Å²) in [6.45, 7) is 0. The summed E-state index contributed by atoms with van der Waals surface area (Å²) >= 11 is 0. The molecule has 0 aliphatic carbocycles. The van der Waals surface area contributed by atoms with E-state index in [1.165, 1.54) is 0 Å². The minimum Gasteiger partial charge on any atom is -0.336 e. The molecule has 0 aromatic carbocycles. The van der Waals surface area contributed by atoms with E-state index in [1.807, 2.05) is 0 Å². The molecular weight excluding hydrogens is 142 g/mol. The highest BCUT2D eigenvalue weighted by molar-refractivity contribution is 5.93. The van der Waals surface area contributed by atoms with Gasteiger partial charge >= 0.3 is 0 Å². The van der Waals surface area contributed by atoms with Crippen molar-refractivity contribution in [2.75, 3.05) is 0 Å². The third-order valence-electron chi connectivity index (χ3n) is 1.86. The second kappa shape index (κ2) is 2.13. The van der Waals surface area contributed by atoms with Crippen molar-refractivity contribution in [3.8, 4) is 0 Å². The van der Waals surface area contributed by atoms with Gasteiger partial charge in [-0.3, -0.25) is 4.79 Å². The third kappa shape index (κ3) is 0.851. The van der Waals surface area contributed by atoms with Gasteiger partial charge in [-0.25, -0.2) is 0 Å². The molecule has 0 spiro atoms. The van der Waals surface area contributed by atoms with Crippen molar-refractivity contribution in [1.29, 1.82) is 0 Å². The first kappa shape index (κ1) is 6.49. The zero-order valence-electron chi connectivity index (χ0n) is 5.90. The lowest BCUT2D eigenvalue weighted by molar-refractivity contribution is -0.751. The van der Waals surface area contributed by atoms with Crippen LogP contribution in [0.4, 0.5) is 0 Å². The maximum Gasteiger partial charge on any atom is 0.268 e. The van der Waals surface area contributed by atoms with E-state index in [0.29, 0.717) is 5.69 Å². The molecule has 0 saturated carbocycles. The number of nitrogens with zero attached hydrogens (tertiary/aromatic N) is 1. The van der Waals surface area contributed by atoms with Gasteiger partial charge in [-0.1, -0.05) is 0 Å². The predicted octanol–water partition coefficient (Wildman–Crippen LogP) is 0.0514. The van der Waals surface area contributed by atoms with E-state index in [4.69, 9.17) is 0 Å². The number of aliphatic hydroxyl groups excluding tert-OH is 1. The van der Waals surface area contributed by atoms with Crippen LogP contribution >= 0.6 is 0 Å². The van der Waals surface area contributed by atoms with Crippen molar-refractivity contribution in [2.24, 2.45) is 0 Å². The second-order valence-corrected chi connectivity index (χ2v) is 2.60. The minimum absolute atomic E-state index is 0.0121. The fourth-order valence-corrected chi connectivity index (χ4v) is 1.32. The molecule has 0 radical (unpaired) electrons. The molecule has 0 saturated heterocycles. The summed E-state index contributed by atoms with van der Waals surface area (Å²) in [5.41, 5.74) is 0.597. The van der Waals surface area contributed by atoms with Gasteiger partial charge in [0, 0.05) is 12.1 Å². The van der Waals surface area contributed by atoms with Crippen molar-refractivity contribution in [2.45, 2.75) is 12.6 Å². The molecule has 1 aromatic rings. The predicted molar refractivity (Wildman–Crippen MR) is 36.8 cm³/mol. The maximum absolute atomic E-state index is 11.1. The minimum atomic E-state index is -0.654. The highest BCUT2D eigenvalue weighted by Crippen LogP contribution is 2.13.